The van der Waals surface area contributed by atoms with Crippen LogP contribution in [0.1, 0.15) is 25.3 Å². The summed E-state index contributed by atoms with van der Waals surface area (Å²) in [5.74, 6) is 1.83. The van der Waals surface area contributed by atoms with Gasteiger partial charge in [-0.05, 0) is 30.2 Å². The molecule has 26 heavy (non-hydrogen) atoms. The molecule has 2 unspecified atom stereocenters. The Labute approximate surface area is 163 Å². The minimum Gasteiger partial charge on any atom is -0.479 e. The second-order valence-electron chi connectivity index (χ2n) is 6.25. The summed E-state index contributed by atoms with van der Waals surface area (Å²) in [6, 6.07) is 5.66. The quantitative estimate of drug-likeness (QED) is 0.675. The maximum atomic E-state index is 12.8. The van der Waals surface area contributed by atoms with Gasteiger partial charge in [0.15, 0.2) is 17.6 Å². The molecule has 0 saturated heterocycles. The highest BCUT2D eigenvalue weighted by molar-refractivity contribution is 6.31. The second-order valence-corrected chi connectivity index (χ2v) is 7.26. The highest BCUT2D eigenvalue weighted by atomic mass is 35.5. The Morgan fingerprint density at radius 1 is 1.38 bits per heavy atom. The van der Waals surface area contributed by atoms with Gasteiger partial charge in [0.1, 0.15) is 5.76 Å². The van der Waals surface area contributed by atoms with Crippen LogP contribution in [0.2, 0.25) is 0 Å². The molecule has 0 saturated carbocycles. The summed E-state index contributed by atoms with van der Waals surface area (Å²) in [5, 5.41) is 0.400. The van der Waals surface area contributed by atoms with Crippen molar-refractivity contribution < 1.29 is 19.0 Å². The minimum atomic E-state index is -0.603. The maximum absolute atomic E-state index is 12.8. The number of fused-ring (bicyclic) bond motifs is 1. The summed E-state index contributed by atoms with van der Waals surface area (Å²) in [6.45, 7) is 2.58. The number of hydrogen-bond donors (Lipinski definition) is 0. The number of amides is 1. The van der Waals surface area contributed by atoms with Crippen molar-refractivity contribution in [3.63, 3.8) is 0 Å². The standard InChI is InChI=1S/C19H21Cl2NO4/c1-3-15(26-16-7-5-13(20)9-14(16)21)19(23)22(2)10-12-4-6-17-18(8-12)25-11-24-17/h4-8,13,15H,3,9-11H2,1-2H3. The zero-order valence-corrected chi connectivity index (χ0v) is 16.2. The number of nitrogens with zero attached hydrogens (tertiary/aromatic N) is 1. The molecule has 2 atom stereocenters. The number of alkyl halides is 1. The Hall–Kier alpha value is -1.85. The van der Waals surface area contributed by atoms with Gasteiger partial charge in [-0.25, -0.2) is 0 Å². The Morgan fingerprint density at radius 2 is 2.15 bits per heavy atom. The average Bonchev–Trinajstić information content (AvgIpc) is 3.08. The molecule has 0 aromatic heterocycles. The first-order chi connectivity index (χ1) is 12.5. The fourth-order valence-corrected chi connectivity index (χ4v) is 3.40. The predicted molar refractivity (Wildman–Crippen MR) is 100 cm³/mol. The molecule has 1 aliphatic heterocycles. The molecular weight excluding hydrogens is 377 g/mol. The Morgan fingerprint density at radius 3 is 2.88 bits per heavy atom. The maximum Gasteiger partial charge on any atom is 0.263 e. The van der Waals surface area contributed by atoms with E-state index >= 15 is 0 Å². The summed E-state index contributed by atoms with van der Waals surface area (Å²) in [7, 11) is 1.75. The highest BCUT2D eigenvalue weighted by Crippen LogP contribution is 2.33. The van der Waals surface area contributed by atoms with Crippen LogP contribution in [0.15, 0.2) is 41.1 Å². The van der Waals surface area contributed by atoms with E-state index in [0.29, 0.717) is 35.9 Å². The molecule has 1 aliphatic carbocycles. The lowest BCUT2D eigenvalue weighted by Gasteiger charge is -2.25. The third-order valence-electron chi connectivity index (χ3n) is 4.25. The molecule has 3 rings (SSSR count). The van der Waals surface area contributed by atoms with Crippen molar-refractivity contribution in [3.05, 3.63) is 46.7 Å². The van der Waals surface area contributed by atoms with Gasteiger partial charge < -0.3 is 19.1 Å². The molecule has 0 radical (unpaired) electrons. The SMILES string of the molecule is CCC(OC1=C(Cl)CC(Cl)C=C1)C(=O)N(C)Cc1ccc2c(c1)OCO2. The molecule has 1 amide bonds. The van der Waals surface area contributed by atoms with E-state index in [1.54, 1.807) is 18.0 Å². The Bertz CT molecular complexity index is 747. The van der Waals surface area contributed by atoms with E-state index in [-0.39, 0.29) is 18.1 Å². The first kappa shape index (κ1) is 18.9. The third-order valence-corrected chi connectivity index (χ3v) is 4.89. The van der Waals surface area contributed by atoms with E-state index < -0.39 is 6.10 Å². The van der Waals surface area contributed by atoms with Gasteiger partial charge in [0.2, 0.25) is 6.79 Å². The van der Waals surface area contributed by atoms with Gasteiger partial charge in [0, 0.05) is 20.0 Å². The lowest BCUT2D eigenvalue weighted by atomic mass is 10.1. The van der Waals surface area contributed by atoms with Crippen LogP contribution in [0.25, 0.3) is 0 Å². The molecule has 0 fully saturated rings. The smallest absolute Gasteiger partial charge is 0.263 e. The zero-order chi connectivity index (χ0) is 18.7. The van der Waals surface area contributed by atoms with Crippen LogP contribution in [0.4, 0.5) is 0 Å². The van der Waals surface area contributed by atoms with Crippen molar-refractivity contribution in [1.29, 1.82) is 0 Å². The van der Waals surface area contributed by atoms with Crippen LogP contribution in [0.5, 0.6) is 11.5 Å². The normalized spacial score (nSPS) is 19.5. The van der Waals surface area contributed by atoms with Crippen LogP contribution in [-0.4, -0.2) is 36.1 Å². The van der Waals surface area contributed by atoms with Crippen LogP contribution in [0.3, 0.4) is 0 Å². The average molecular weight is 398 g/mol. The third kappa shape index (κ3) is 4.27. The fourth-order valence-electron chi connectivity index (χ4n) is 2.82. The molecular formula is C19H21Cl2NO4. The summed E-state index contributed by atoms with van der Waals surface area (Å²) in [5.41, 5.74) is 0.958. The molecule has 140 valence electrons. The molecule has 7 heteroatoms. The van der Waals surface area contributed by atoms with Crippen molar-refractivity contribution in [2.45, 2.75) is 37.8 Å². The largest absolute Gasteiger partial charge is 0.479 e. The monoisotopic (exact) mass is 397 g/mol. The number of halogens is 2. The van der Waals surface area contributed by atoms with Crippen LogP contribution < -0.4 is 9.47 Å². The van der Waals surface area contributed by atoms with E-state index in [1.807, 2.05) is 31.2 Å². The van der Waals surface area contributed by atoms with Crippen molar-refractivity contribution in [2.75, 3.05) is 13.8 Å². The van der Waals surface area contributed by atoms with E-state index in [0.717, 1.165) is 11.3 Å². The topological polar surface area (TPSA) is 48.0 Å². The summed E-state index contributed by atoms with van der Waals surface area (Å²) in [4.78, 5) is 14.4. The van der Waals surface area contributed by atoms with Gasteiger partial charge in [-0.2, -0.15) is 0 Å². The Balaban J connectivity index is 1.64. The van der Waals surface area contributed by atoms with Crippen molar-refractivity contribution >= 4 is 29.1 Å². The number of hydrogen-bond acceptors (Lipinski definition) is 4. The molecule has 2 aliphatic rings. The molecule has 0 spiro atoms. The van der Waals surface area contributed by atoms with E-state index in [4.69, 9.17) is 37.4 Å². The van der Waals surface area contributed by atoms with Crippen LogP contribution >= 0.6 is 23.2 Å². The zero-order valence-electron chi connectivity index (χ0n) is 14.7. The van der Waals surface area contributed by atoms with Gasteiger partial charge in [-0.3, -0.25) is 4.79 Å². The highest BCUT2D eigenvalue weighted by Gasteiger charge is 2.25. The minimum absolute atomic E-state index is 0.108. The second kappa shape index (κ2) is 8.23. The summed E-state index contributed by atoms with van der Waals surface area (Å²) >= 11 is 12.3. The lowest BCUT2D eigenvalue weighted by Crippen LogP contribution is -2.37. The van der Waals surface area contributed by atoms with Crippen molar-refractivity contribution in [3.8, 4) is 11.5 Å². The number of carbonyl (C=O) groups is 1. The van der Waals surface area contributed by atoms with Gasteiger partial charge in [-0.1, -0.05) is 30.7 Å². The molecule has 0 N–H and O–H groups in total. The first-order valence-electron chi connectivity index (χ1n) is 8.49. The molecule has 0 bridgehead atoms. The van der Waals surface area contributed by atoms with Crippen molar-refractivity contribution in [2.24, 2.45) is 0 Å². The van der Waals surface area contributed by atoms with Gasteiger partial charge in [0.05, 0.1) is 10.4 Å². The van der Waals surface area contributed by atoms with Crippen molar-refractivity contribution in [1.82, 2.24) is 4.90 Å². The summed E-state index contributed by atoms with van der Waals surface area (Å²) < 4.78 is 16.6. The number of carbonyl (C=O) groups excluding carboxylic acids is 1. The van der Waals surface area contributed by atoms with E-state index in [2.05, 4.69) is 0 Å². The van der Waals surface area contributed by atoms with Gasteiger partial charge >= 0.3 is 0 Å². The number of ether oxygens (including phenoxy) is 3. The predicted octanol–water partition coefficient (Wildman–Crippen LogP) is 4.19. The molecule has 1 aromatic rings. The van der Waals surface area contributed by atoms with Crippen LogP contribution in [-0.2, 0) is 16.1 Å². The lowest BCUT2D eigenvalue weighted by molar-refractivity contribution is -0.140. The number of rotatable bonds is 6. The first-order valence-corrected chi connectivity index (χ1v) is 9.30. The number of likely N-dealkylation sites (N-methyl/N-ethyl adjacent to an activating group) is 1. The number of benzene rings is 1. The van der Waals surface area contributed by atoms with Gasteiger partial charge in [-0.15, -0.1) is 11.6 Å². The van der Waals surface area contributed by atoms with E-state index in [1.165, 1.54) is 0 Å². The number of allylic oxidation sites excluding steroid dienone is 3. The molecule has 5 nitrogen and oxygen atoms in total. The van der Waals surface area contributed by atoms with E-state index in [9.17, 15) is 4.79 Å². The fraction of sp³-hybridized carbons (Fsp3) is 0.421. The van der Waals surface area contributed by atoms with Gasteiger partial charge in [0.25, 0.3) is 5.91 Å². The summed E-state index contributed by atoms with van der Waals surface area (Å²) in [6.07, 6.45) is 3.99. The molecule has 1 aromatic carbocycles. The molecule has 1 heterocycles. The Kier molecular flexibility index (Phi) is 5.99. The van der Waals surface area contributed by atoms with Crippen LogP contribution in [0, 0.1) is 0 Å².